The van der Waals surface area contributed by atoms with Gasteiger partial charge in [0.15, 0.2) is 5.41 Å². The second kappa shape index (κ2) is 2.38. The third kappa shape index (κ3) is 0.997. The quantitative estimate of drug-likeness (QED) is 0.357. The van der Waals surface area contributed by atoms with Gasteiger partial charge < -0.3 is 9.47 Å². The van der Waals surface area contributed by atoms with Crippen molar-refractivity contribution >= 4 is 11.9 Å². The molecule has 76 valence electrons. The number of allylic oxidation sites excluding steroid dienone is 1. The van der Waals surface area contributed by atoms with Crippen molar-refractivity contribution in [2.75, 3.05) is 0 Å². The minimum absolute atomic E-state index is 0.126. The molecule has 14 heavy (non-hydrogen) atoms. The first kappa shape index (κ1) is 9.24. The predicted octanol–water partition coefficient (Wildman–Crippen LogP) is 1.01. The number of hydrogen-bond donors (Lipinski definition) is 0. The minimum Gasteiger partial charge on any atom is -0.422 e. The molecule has 1 heterocycles. The fourth-order valence-electron chi connectivity index (χ4n) is 1.77. The van der Waals surface area contributed by atoms with Crippen LogP contribution in [0.3, 0.4) is 0 Å². The van der Waals surface area contributed by atoms with Gasteiger partial charge >= 0.3 is 11.9 Å². The number of esters is 2. The van der Waals surface area contributed by atoms with Crippen LogP contribution in [-0.2, 0) is 19.1 Å². The number of cyclic esters (lactones) is 2. The lowest BCUT2D eigenvalue weighted by molar-refractivity contribution is -0.243. The molecule has 4 nitrogen and oxygen atoms in total. The third-order valence-corrected chi connectivity index (χ3v) is 2.70. The average molecular weight is 196 g/mol. The van der Waals surface area contributed by atoms with Gasteiger partial charge in [0.25, 0.3) is 5.79 Å². The lowest BCUT2D eigenvalue weighted by Crippen LogP contribution is -2.48. The molecule has 1 saturated carbocycles. The Morgan fingerprint density at radius 2 is 1.86 bits per heavy atom. The Morgan fingerprint density at radius 3 is 2.21 bits per heavy atom. The molecule has 2 fully saturated rings. The van der Waals surface area contributed by atoms with Gasteiger partial charge in [0, 0.05) is 19.8 Å². The second-order valence-electron chi connectivity index (χ2n) is 4.20. The van der Waals surface area contributed by atoms with Crippen molar-refractivity contribution in [3.8, 4) is 0 Å². The molecule has 0 bridgehead atoms. The molecular formula is C10H12O4. The van der Waals surface area contributed by atoms with Crippen LogP contribution in [0.2, 0.25) is 0 Å². The zero-order valence-electron chi connectivity index (χ0n) is 8.20. The molecule has 0 N–H and O–H groups in total. The van der Waals surface area contributed by atoms with E-state index in [-0.39, 0.29) is 5.92 Å². The van der Waals surface area contributed by atoms with E-state index in [0.717, 1.165) is 0 Å². The highest BCUT2D eigenvalue weighted by atomic mass is 16.7. The SMILES string of the molecule is C=CC1CC12C(=O)OC(C)(C)OC2=O. The summed E-state index contributed by atoms with van der Waals surface area (Å²) in [6.07, 6.45) is 2.06. The van der Waals surface area contributed by atoms with Gasteiger partial charge in [-0.05, 0) is 6.42 Å². The number of ether oxygens (including phenoxy) is 2. The molecule has 0 amide bonds. The molecule has 0 aromatic carbocycles. The molecule has 1 aliphatic heterocycles. The summed E-state index contributed by atoms with van der Waals surface area (Å²) in [6.45, 7) is 6.65. The molecule has 1 spiro atoms. The molecule has 2 aliphatic rings. The molecule has 2 rings (SSSR count). The summed E-state index contributed by atoms with van der Waals surface area (Å²) < 4.78 is 10.0. The van der Waals surface area contributed by atoms with E-state index in [1.165, 1.54) is 0 Å². The summed E-state index contributed by atoms with van der Waals surface area (Å²) in [5.74, 6) is -2.22. The van der Waals surface area contributed by atoms with Gasteiger partial charge in [-0.1, -0.05) is 6.08 Å². The highest BCUT2D eigenvalue weighted by Crippen LogP contribution is 2.57. The predicted molar refractivity (Wildman–Crippen MR) is 47.0 cm³/mol. The van der Waals surface area contributed by atoms with Crippen molar-refractivity contribution < 1.29 is 19.1 Å². The van der Waals surface area contributed by atoms with Gasteiger partial charge in [-0.25, -0.2) is 0 Å². The van der Waals surface area contributed by atoms with Crippen LogP contribution < -0.4 is 0 Å². The minimum atomic E-state index is -1.13. The van der Waals surface area contributed by atoms with Crippen molar-refractivity contribution in [3.63, 3.8) is 0 Å². The second-order valence-corrected chi connectivity index (χ2v) is 4.20. The Morgan fingerprint density at radius 1 is 1.36 bits per heavy atom. The molecule has 0 aromatic rings. The van der Waals surface area contributed by atoms with Crippen LogP contribution in [0.15, 0.2) is 12.7 Å². The van der Waals surface area contributed by atoms with E-state index < -0.39 is 23.1 Å². The molecule has 1 unspecified atom stereocenters. The summed E-state index contributed by atoms with van der Waals surface area (Å²) in [6, 6.07) is 0. The highest BCUT2D eigenvalue weighted by molar-refractivity contribution is 6.05. The fraction of sp³-hybridized carbons (Fsp3) is 0.600. The van der Waals surface area contributed by atoms with Gasteiger partial charge in [0.1, 0.15) is 0 Å². The first-order valence-electron chi connectivity index (χ1n) is 4.52. The lowest BCUT2D eigenvalue weighted by atomic mass is 10.0. The maximum Gasteiger partial charge on any atom is 0.327 e. The van der Waals surface area contributed by atoms with Crippen molar-refractivity contribution in [2.24, 2.45) is 11.3 Å². The average Bonchev–Trinajstić information content (AvgIpc) is 2.74. The summed E-state index contributed by atoms with van der Waals surface area (Å²) in [5.41, 5.74) is -1.07. The van der Waals surface area contributed by atoms with Crippen LogP contribution >= 0.6 is 0 Å². The first-order valence-corrected chi connectivity index (χ1v) is 4.52. The third-order valence-electron chi connectivity index (χ3n) is 2.70. The molecular weight excluding hydrogens is 184 g/mol. The van der Waals surface area contributed by atoms with Crippen molar-refractivity contribution in [1.82, 2.24) is 0 Å². The van der Waals surface area contributed by atoms with E-state index >= 15 is 0 Å². The summed E-state index contributed by atoms with van der Waals surface area (Å²) in [7, 11) is 0. The zero-order chi connectivity index (χ0) is 10.6. The zero-order valence-corrected chi connectivity index (χ0v) is 8.20. The van der Waals surface area contributed by atoms with Gasteiger partial charge in [-0.3, -0.25) is 9.59 Å². The summed E-state index contributed by atoms with van der Waals surface area (Å²) in [4.78, 5) is 23.2. The van der Waals surface area contributed by atoms with Gasteiger partial charge in [-0.2, -0.15) is 0 Å². The normalized spacial score (nSPS) is 32.0. The van der Waals surface area contributed by atoms with Crippen LogP contribution in [0.1, 0.15) is 20.3 Å². The van der Waals surface area contributed by atoms with Crippen molar-refractivity contribution in [3.05, 3.63) is 12.7 Å². The number of rotatable bonds is 1. The Labute approximate surface area is 81.9 Å². The summed E-state index contributed by atoms with van der Waals surface area (Å²) in [5, 5.41) is 0. The van der Waals surface area contributed by atoms with E-state index in [4.69, 9.17) is 9.47 Å². The lowest BCUT2D eigenvalue weighted by Gasteiger charge is -2.33. The largest absolute Gasteiger partial charge is 0.422 e. The number of carbonyl (C=O) groups excluding carboxylic acids is 2. The van der Waals surface area contributed by atoms with E-state index in [9.17, 15) is 9.59 Å². The maximum absolute atomic E-state index is 11.6. The Hall–Kier alpha value is -1.32. The standard InChI is InChI=1S/C10H12O4/c1-4-6-5-10(6)7(11)13-9(2,3)14-8(10)12/h4,6H,1,5H2,2-3H3. The topological polar surface area (TPSA) is 52.6 Å². The fourth-order valence-corrected chi connectivity index (χ4v) is 1.77. The highest BCUT2D eigenvalue weighted by Gasteiger charge is 2.70. The Balaban J connectivity index is 2.27. The van der Waals surface area contributed by atoms with Crippen LogP contribution in [0, 0.1) is 11.3 Å². The van der Waals surface area contributed by atoms with Gasteiger partial charge in [0.2, 0.25) is 0 Å². The van der Waals surface area contributed by atoms with Crippen LogP contribution in [0.4, 0.5) is 0 Å². The van der Waals surface area contributed by atoms with E-state index in [0.29, 0.717) is 6.42 Å². The molecule has 1 saturated heterocycles. The number of hydrogen-bond acceptors (Lipinski definition) is 4. The molecule has 4 heteroatoms. The van der Waals surface area contributed by atoms with E-state index in [1.807, 2.05) is 0 Å². The molecule has 1 atom stereocenters. The molecule has 0 aromatic heterocycles. The Kier molecular flexibility index (Phi) is 1.57. The van der Waals surface area contributed by atoms with Crippen LogP contribution in [0.25, 0.3) is 0 Å². The van der Waals surface area contributed by atoms with Crippen molar-refractivity contribution in [2.45, 2.75) is 26.1 Å². The monoisotopic (exact) mass is 196 g/mol. The van der Waals surface area contributed by atoms with Gasteiger partial charge in [0.05, 0.1) is 0 Å². The number of carbonyl (C=O) groups is 2. The maximum atomic E-state index is 11.6. The van der Waals surface area contributed by atoms with Gasteiger partial charge in [-0.15, -0.1) is 6.58 Å². The smallest absolute Gasteiger partial charge is 0.327 e. The first-order chi connectivity index (χ1) is 6.42. The van der Waals surface area contributed by atoms with E-state index in [2.05, 4.69) is 6.58 Å². The van der Waals surface area contributed by atoms with Crippen molar-refractivity contribution in [1.29, 1.82) is 0 Å². The van der Waals surface area contributed by atoms with Crippen LogP contribution in [-0.4, -0.2) is 17.7 Å². The Bertz CT molecular complexity index is 309. The molecule has 0 radical (unpaired) electrons. The van der Waals surface area contributed by atoms with E-state index in [1.54, 1.807) is 19.9 Å². The van der Waals surface area contributed by atoms with Crippen LogP contribution in [0.5, 0.6) is 0 Å². The summed E-state index contributed by atoms with van der Waals surface area (Å²) >= 11 is 0. The molecule has 1 aliphatic carbocycles.